The Morgan fingerprint density at radius 3 is 2.34 bits per heavy atom. The van der Waals surface area contributed by atoms with Crippen molar-refractivity contribution in [2.75, 3.05) is 6.61 Å². The highest BCUT2D eigenvalue weighted by Gasteiger charge is 2.29. The predicted octanol–water partition coefficient (Wildman–Crippen LogP) is 6.16. The van der Waals surface area contributed by atoms with Crippen LogP contribution in [-0.2, 0) is 16.1 Å². The van der Waals surface area contributed by atoms with E-state index in [0.29, 0.717) is 26.4 Å². The largest absolute Gasteiger partial charge is 0.482 e. The summed E-state index contributed by atoms with van der Waals surface area (Å²) in [7, 11) is 0. The van der Waals surface area contributed by atoms with Gasteiger partial charge < -0.3 is 15.0 Å². The lowest BCUT2D eigenvalue weighted by molar-refractivity contribution is -0.142. The zero-order valence-corrected chi connectivity index (χ0v) is 20.6. The second kappa shape index (κ2) is 11.5. The molecule has 1 aliphatic rings. The second-order valence-corrected chi connectivity index (χ2v) is 9.41. The van der Waals surface area contributed by atoms with Crippen molar-refractivity contribution < 1.29 is 14.3 Å². The monoisotopic (exact) mass is 516 g/mol. The fourth-order valence-electron chi connectivity index (χ4n) is 3.64. The molecule has 1 saturated carbocycles. The highest BCUT2D eigenvalue weighted by atomic mass is 35.5. The van der Waals surface area contributed by atoms with E-state index in [1.165, 1.54) is 11.0 Å². The van der Waals surface area contributed by atoms with Gasteiger partial charge in [-0.05, 0) is 50.1 Å². The van der Waals surface area contributed by atoms with Gasteiger partial charge in [0.05, 0.1) is 5.02 Å². The maximum Gasteiger partial charge on any atom is 0.261 e. The molecule has 1 fully saturated rings. The van der Waals surface area contributed by atoms with E-state index in [1.54, 1.807) is 37.3 Å². The fraction of sp³-hybridized carbons (Fsp3) is 0.391. The lowest BCUT2D eigenvalue weighted by Gasteiger charge is -2.30. The van der Waals surface area contributed by atoms with Crippen LogP contribution in [0, 0.1) is 0 Å². The first-order valence-corrected chi connectivity index (χ1v) is 11.9. The molecule has 0 bridgehead atoms. The molecule has 0 unspecified atom stereocenters. The molecule has 5 nitrogen and oxygen atoms in total. The molecule has 0 radical (unpaired) electrons. The van der Waals surface area contributed by atoms with E-state index >= 15 is 0 Å². The van der Waals surface area contributed by atoms with Gasteiger partial charge in [0.1, 0.15) is 11.8 Å². The standard InChI is InChI=1S/C23H24Cl4N2O3/c1-14(23(31)28-16-5-2-3-6-16)29(12-17-18(25)7-4-8-19(17)26)22(30)13-32-21-10-9-15(24)11-20(21)27/h4,7-11,14,16H,2-3,5-6,12-13H2,1H3,(H,28,31)/t14-/m0/s1. The smallest absolute Gasteiger partial charge is 0.261 e. The van der Waals surface area contributed by atoms with Gasteiger partial charge in [0.15, 0.2) is 6.61 Å². The van der Waals surface area contributed by atoms with Crippen molar-refractivity contribution in [1.29, 1.82) is 0 Å². The van der Waals surface area contributed by atoms with Crippen molar-refractivity contribution in [3.05, 3.63) is 62.1 Å². The molecule has 2 aromatic carbocycles. The Hall–Kier alpha value is -1.66. The minimum absolute atomic E-state index is 0.0638. The SMILES string of the molecule is C[C@@H](C(=O)NC1CCCC1)N(Cc1c(Cl)cccc1Cl)C(=O)COc1ccc(Cl)cc1Cl. The first kappa shape index (κ1) is 25.0. The number of hydrogen-bond acceptors (Lipinski definition) is 3. The third kappa shape index (κ3) is 6.44. The van der Waals surface area contributed by atoms with E-state index in [4.69, 9.17) is 51.1 Å². The first-order valence-electron chi connectivity index (χ1n) is 10.4. The molecule has 0 heterocycles. The highest BCUT2D eigenvalue weighted by Crippen LogP contribution is 2.29. The maximum atomic E-state index is 13.2. The van der Waals surface area contributed by atoms with Crippen molar-refractivity contribution in [3.63, 3.8) is 0 Å². The van der Waals surface area contributed by atoms with E-state index in [0.717, 1.165) is 25.7 Å². The minimum Gasteiger partial charge on any atom is -0.482 e. The number of amides is 2. The van der Waals surface area contributed by atoms with Crippen LogP contribution in [0.2, 0.25) is 20.1 Å². The van der Waals surface area contributed by atoms with Crippen LogP contribution >= 0.6 is 46.4 Å². The molecule has 0 spiro atoms. The fourth-order valence-corrected chi connectivity index (χ4v) is 4.62. The molecule has 172 valence electrons. The van der Waals surface area contributed by atoms with Crippen LogP contribution in [0.1, 0.15) is 38.2 Å². The number of hydrogen-bond donors (Lipinski definition) is 1. The average Bonchev–Trinajstić information content (AvgIpc) is 3.25. The van der Waals surface area contributed by atoms with Crippen LogP contribution in [-0.4, -0.2) is 35.4 Å². The van der Waals surface area contributed by atoms with Crippen molar-refractivity contribution in [2.24, 2.45) is 0 Å². The lowest BCUT2D eigenvalue weighted by Crippen LogP contribution is -2.50. The van der Waals surface area contributed by atoms with Gasteiger partial charge in [0, 0.05) is 33.2 Å². The number of ether oxygens (including phenoxy) is 1. The van der Waals surface area contributed by atoms with Gasteiger partial charge in [-0.15, -0.1) is 0 Å². The van der Waals surface area contributed by atoms with Crippen LogP contribution in [0.5, 0.6) is 5.75 Å². The number of rotatable bonds is 8. The molecule has 32 heavy (non-hydrogen) atoms. The van der Waals surface area contributed by atoms with Gasteiger partial charge in [-0.2, -0.15) is 0 Å². The normalized spacial score (nSPS) is 14.8. The number of benzene rings is 2. The van der Waals surface area contributed by atoms with Gasteiger partial charge >= 0.3 is 0 Å². The zero-order chi connectivity index (χ0) is 23.3. The number of nitrogens with one attached hydrogen (secondary N) is 1. The summed E-state index contributed by atoms with van der Waals surface area (Å²) < 4.78 is 5.62. The summed E-state index contributed by atoms with van der Waals surface area (Å²) in [6, 6.07) is 9.23. The number of halogens is 4. The second-order valence-electron chi connectivity index (χ2n) is 7.75. The molecule has 1 N–H and O–H groups in total. The van der Waals surface area contributed by atoms with Crippen molar-refractivity contribution in [3.8, 4) is 5.75 Å². The Morgan fingerprint density at radius 1 is 1.06 bits per heavy atom. The van der Waals surface area contributed by atoms with Gasteiger partial charge in [0.25, 0.3) is 5.91 Å². The quantitative estimate of drug-likeness (QED) is 0.456. The minimum atomic E-state index is -0.750. The Balaban J connectivity index is 1.78. The van der Waals surface area contributed by atoms with Gasteiger partial charge in [-0.25, -0.2) is 0 Å². The molecular formula is C23H24Cl4N2O3. The van der Waals surface area contributed by atoms with Gasteiger partial charge in [-0.1, -0.05) is 65.3 Å². The molecule has 3 rings (SSSR count). The summed E-state index contributed by atoms with van der Waals surface area (Å²) in [6.07, 6.45) is 4.07. The summed E-state index contributed by atoms with van der Waals surface area (Å²) >= 11 is 24.7. The molecule has 2 amide bonds. The summed E-state index contributed by atoms with van der Waals surface area (Å²) in [4.78, 5) is 27.5. The molecule has 2 aromatic rings. The Bertz CT molecular complexity index is 959. The maximum absolute atomic E-state index is 13.2. The topological polar surface area (TPSA) is 58.6 Å². The predicted molar refractivity (Wildman–Crippen MR) is 129 cm³/mol. The van der Waals surface area contributed by atoms with Crippen LogP contribution < -0.4 is 10.1 Å². The number of carbonyl (C=O) groups is 2. The van der Waals surface area contributed by atoms with E-state index in [2.05, 4.69) is 5.32 Å². The van der Waals surface area contributed by atoms with E-state index in [1.807, 2.05) is 0 Å². The molecule has 0 aliphatic heterocycles. The highest BCUT2D eigenvalue weighted by molar-refractivity contribution is 6.36. The van der Waals surface area contributed by atoms with Gasteiger partial charge in [-0.3, -0.25) is 9.59 Å². The molecule has 9 heteroatoms. The first-order chi connectivity index (χ1) is 15.3. The van der Waals surface area contributed by atoms with E-state index < -0.39 is 11.9 Å². The lowest BCUT2D eigenvalue weighted by atomic mass is 10.1. The summed E-state index contributed by atoms with van der Waals surface area (Å²) in [5, 5.41) is 4.63. The van der Waals surface area contributed by atoms with Crippen LogP contribution in [0.25, 0.3) is 0 Å². The van der Waals surface area contributed by atoms with Crippen LogP contribution in [0.4, 0.5) is 0 Å². The molecule has 0 saturated heterocycles. The Kier molecular flexibility index (Phi) is 8.95. The number of carbonyl (C=O) groups excluding carboxylic acids is 2. The van der Waals surface area contributed by atoms with Gasteiger partial charge in [0.2, 0.25) is 5.91 Å². The van der Waals surface area contributed by atoms with Crippen LogP contribution in [0.3, 0.4) is 0 Å². The van der Waals surface area contributed by atoms with Crippen molar-refractivity contribution in [2.45, 2.75) is 51.2 Å². The van der Waals surface area contributed by atoms with Crippen molar-refractivity contribution in [1.82, 2.24) is 10.2 Å². The third-order valence-electron chi connectivity index (χ3n) is 5.50. The molecule has 1 atom stereocenters. The average molecular weight is 518 g/mol. The summed E-state index contributed by atoms with van der Waals surface area (Å²) in [6.45, 7) is 1.43. The zero-order valence-electron chi connectivity index (χ0n) is 17.5. The van der Waals surface area contributed by atoms with E-state index in [-0.39, 0.29) is 30.1 Å². The summed E-state index contributed by atoms with van der Waals surface area (Å²) in [5.74, 6) is -0.303. The Morgan fingerprint density at radius 2 is 1.72 bits per heavy atom. The Labute approximate surface area is 207 Å². The van der Waals surface area contributed by atoms with Crippen LogP contribution in [0.15, 0.2) is 36.4 Å². The molecule has 0 aromatic heterocycles. The molecule has 1 aliphatic carbocycles. The third-order valence-corrected chi connectivity index (χ3v) is 6.74. The number of nitrogens with zero attached hydrogens (tertiary/aromatic N) is 1. The molecular weight excluding hydrogens is 494 g/mol. The van der Waals surface area contributed by atoms with E-state index in [9.17, 15) is 9.59 Å². The summed E-state index contributed by atoms with van der Waals surface area (Å²) in [5.41, 5.74) is 0.564. The van der Waals surface area contributed by atoms with Crippen molar-refractivity contribution >= 4 is 58.2 Å².